The number of methoxy groups -OCH3 is 1. The van der Waals surface area contributed by atoms with Crippen LogP contribution in [-0.4, -0.2) is 24.6 Å². The van der Waals surface area contributed by atoms with Gasteiger partial charge in [0.2, 0.25) is 0 Å². The van der Waals surface area contributed by atoms with E-state index in [0.717, 1.165) is 19.3 Å². The smallest absolute Gasteiger partial charge is 0.308 e. The Morgan fingerprint density at radius 1 is 1.24 bits per heavy atom. The lowest BCUT2D eigenvalue weighted by Crippen LogP contribution is -2.25. The fraction of sp³-hybridized carbons (Fsp3) is 0.846. The van der Waals surface area contributed by atoms with Crippen LogP contribution in [-0.2, 0) is 19.1 Å². The summed E-state index contributed by atoms with van der Waals surface area (Å²) in [4.78, 5) is 23.0. The highest BCUT2D eigenvalue weighted by atomic mass is 16.6. The highest BCUT2D eigenvalue weighted by Crippen LogP contribution is 2.34. The molecule has 4 nitrogen and oxygen atoms in total. The van der Waals surface area contributed by atoms with E-state index in [1.54, 1.807) is 0 Å². The van der Waals surface area contributed by atoms with E-state index in [2.05, 4.69) is 0 Å². The van der Waals surface area contributed by atoms with E-state index in [1.807, 2.05) is 20.8 Å². The lowest BCUT2D eigenvalue weighted by molar-refractivity contribution is -0.156. The van der Waals surface area contributed by atoms with Crippen molar-refractivity contribution in [2.24, 2.45) is 11.8 Å². The van der Waals surface area contributed by atoms with E-state index in [4.69, 9.17) is 9.47 Å². The maximum atomic E-state index is 11.6. The van der Waals surface area contributed by atoms with Gasteiger partial charge in [0.25, 0.3) is 0 Å². The summed E-state index contributed by atoms with van der Waals surface area (Å²) in [5.74, 6) is -0.105. The van der Waals surface area contributed by atoms with Gasteiger partial charge >= 0.3 is 11.9 Å². The molecule has 98 valence electrons. The molecule has 0 aromatic carbocycles. The fourth-order valence-corrected chi connectivity index (χ4v) is 2.26. The number of carbonyl (C=O) groups excluding carboxylic acids is 2. The minimum Gasteiger partial charge on any atom is -0.469 e. The Bertz CT molecular complexity index is 290. The molecule has 1 aliphatic carbocycles. The quantitative estimate of drug-likeness (QED) is 0.713. The molecule has 0 bridgehead atoms. The van der Waals surface area contributed by atoms with Crippen LogP contribution >= 0.6 is 0 Å². The third-order valence-electron chi connectivity index (χ3n) is 2.95. The average Bonchev–Trinajstić information content (AvgIpc) is 2.62. The van der Waals surface area contributed by atoms with Gasteiger partial charge in [0.05, 0.1) is 13.0 Å². The molecule has 0 N–H and O–H groups in total. The Labute approximate surface area is 103 Å². The molecular weight excluding hydrogens is 220 g/mol. The third-order valence-corrected chi connectivity index (χ3v) is 2.95. The van der Waals surface area contributed by atoms with Crippen LogP contribution in [0.4, 0.5) is 0 Å². The SMILES string of the molecule is COC(=O)C1CCC(CC(=O)OC(C)(C)C)C1. The van der Waals surface area contributed by atoms with Crippen molar-refractivity contribution in [2.45, 2.75) is 52.1 Å². The molecule has 0 heterocycles. The molecule has 0 aromatic heterocycles. The first kappa shape index (κ1) is 14.0. The van der Waals surface area contributed by atoms with E-state index >= 15 is 0 Å². The van der Waals surface area contributed by atoms with Crippen LogP contribution in [0.3, 0.4) is 0 Å². The largest absolute Gasteiger partial charge is 0.469 e. The van der Waals surface area contributed by atoms with Crippen molar-refractivity contribution in [3.05, 3.63) is 0 Å². The first-order valence-electron chi connectivity index (χ1n) is 6.11. The minimum atomic E-state index is -0.433. The zero-order chi connectivity index (χ0) is 13.1. The molecule has 0 aliphatic heterocycles. The molecule has 1 aliphatic rings. The van der Waals surface area contributed by atoms with Crippen LogP contribution < -0.4 is 0 Å². The van der Waals surface area contributed by atoms with E-state index < -0.39 is 5.60 Å². The summed E-state index contributed by atoms with van der Waals surface area (Å²) in [6.45, 7) is 5.57. The topological polar surface area (TPSA) is 52.6 Å². The third kappa shape index (κ3) is 4.75. The first-order valence-corrected chi connectivity index (χ1v) is 6.11. The molecule has 0 spiro atoms. The summed E-state index contributed by atoms with van der Waals surface area (Å²) in [5.41, 5.74) is -0.433. The lowest BCUT2D eigenvalue weighted by Gasteiger charge is -2.20. The van der Waals surface area contributed by atoms with Gasteiger partial charge in [0.15, 0.2) is 0 Å². The van der Waals surface area contributed by atoms with Crippen molar-refractivity contribution in [3.63, 3.8) is 0 Å². The van der Waals surface area contributed by atoms with E-state index in [0.29, 0.717) is 6.42 Å². The zero-order valence-corrected chi connectivity index (χ0v) is 11.1. The summed E-state index contributed by atoms with van der Waals surface area (Å²) in [6, 6.07) is 0. The van der Waals surface area contributed by atoms with Crippen LogP contribution in [0.1, 0.15) is 46.5 Å². The molecule has 1 fully saturated rings. The second kappa shape index (κ2) is 5.52. The Morgan fingerprint density at radius 3 is 2.41 bits per heavy atom. The Balaban J connectivity index is 2.35. The minimum absolute atomic E-state index is 0.0348. The molecule has 2 unspecified atom stereocenters. The predicted octanol–water partition coefficient (Wildman–Crippen LogP) is 2.31. The Kier molecular flexibility index (Phi) is 4.54. The fourth-order valence-electron chi connectivity index (χ4n) is 2.26. The van der Waals surface area contributed by atoms with E-state index in [-0.39, 0.29) is 23.8 Å². The molecule has 2 atom stereocenters. The molecule has 17 heavy (non-hydrogen) atoms. The molecule has 0 radical (unpaired) electrons. The second-order valence-electron chi connectivity index (χ2n) is 5.69. The molecule has 0 saturated heterocycles. The molecule has 4 heteroatoms. The van der Waals surface area contributed by atoms with Gasteiger partial charge in [-0.1, -0.05) is 0 Å². The van der Waals surface area contributed by atoms with Crippen molar-refractivity contribution in [1.82, 2.24) is 0 Å². The molecule has 0 aromatic rings. The van der Waals surface area contributed by atoms with Crippen LogP contribution in [0.2, 0.25) is 0 Å². The van der Waals surface area contributed by atoms with Crippen molar-refractivity contribution in [1.29, 1.82) is 0 Å². The first-order chi connectivity index (χ1) is 7.81. The van der Waals surface area contributed by atoms with Crippen molar-refractivity contribution >= 4 is 11.9 Å². The maximum Gasteiger partial charge on any atom is 0.308 e. The highest BCUT2D eigenvalue weighted by molar-refractivity contribution is 5.73. The van der Waals surface area contributed by atoms with Gasteiger partial charge in [-0.05, 0) is 46.0 Å². The number of esters is 2. The summed E-state index contributed by atoms with van der Waals surface area (Å²) >= 11 is 0. The average molecular weight is 242 g/mol. The zero-order valence-electron chi connectivity index (χ0n) is 11.1. The standard InChI is InChI=1S/C13H22O4/c1-13(2,3)17-11(14)8-9-5-6-10(7-9)12(15)16-4/h9-10H,5-8H2,1-4H3. The van der Waals surface area contributed by atoms with Gasteiger partial charge in [-0.15, -0.1) is 0 Å². The number of hydrogen-bond acceptors (Lipinski definition) is 4. The summed E-state index contributed by atoms with van der Waals surface area (Å²) in [7, 11) is 1.41. The van der Waals surface area contributed by atoms with Crippen LogP contribution in [0.25, 0.3) is 0 Å². The van der Waals surface area contributed by atoms with Crippen LogP contribution in [0.5, 0.6) is 0 Å². The molecule has 0 amide bonds. The lowest BCUT2D eigenvalue weighted by atomic mass is 10.0. The highest BCUT2D eigenvalue weighted by Gasteiger charge is 2.32. The number of carbonyl (C=O) groups is 2. The predicted molar refractivity (Wildman–Crippen MR) is 63.3 cm³/mol. The normalized spacial score (nSPS) is 24.5. The molecule has 1 saturated carbocycles. The molecular formula is C13H22O4. The molecule has 1 rings (SSSR count). The second-order valence-corrected chi connectivity index (χ2v) is 5.69. The maximum absolute atomic E-state index is 11.6. The monoisotopic (exact) mass is 242 g/mol. The summed E-state index contributed by atoms with van der Waals surface area (Å²) in [5, 5.41) is 0. The Morgan fingerprint density at radius 2 is 1.88 bits per heavy atom. The van der Waals surface area contributed by atoms with Crippen LogP contribution in [0, 0.1) is 11.8 Å². The van der Waals surface area contributed by atoms with Gasteiger partial charge in [-0.25, -0.2) is 0 Å². The van der Waals surface area contributed by atoms with Crippen molar-refractivity contribution in [3.8, 4) is 0 Å². The van der Waals surface area contributed by atoms with Gasteiger partial charge in [0.1, 0.15) is 5.60 Å². The van der Waals surface area contributed by atoms with Gasteiger partial charge in [0, 0.05) is 6.42 Å². The van der Waals surface area contributed by atoms with Gasteiger partial charge in [-0.3, -0.25) is 9.59 Å². The number of rotatable bonds is 3. The summed E-state index contributed by atoms with van der Waals surface area (Å²) < 4.78 is 9.98. The Hall–Kier alpha value is -1.06. The van der Waals surface area contributed by atoms with E-state index in [1.165, 1.54) is 7.11 Å². The summed E-state index contributed by atoms with van der Waals surface area (Å²) in [6.07, 6.45) is 2.87. The van der Waals surface area contributed by atoms with Crippen molar-refractivity contribution < 1.29 is 19.1 Å². The van der Waals surface area contributed by atoms with Gasteiger partial charge < -0.3 is 9.47 Å². The van der Waals surface area contributed by atoms with Crippen LogP contribution in [0.15, 0.2) is 0 Å². The number of hydrogen-bond donors (Lipinski definition) is 0. The van der Waals surface area contributed by atoms with Crippen molar-refractivity contribution in [2.75, 3.05) is 7.11 Å². The number of ether oxygens (including phenoxy) is 2. The van der Waals surface area contributed by atoms with E-state index in [9.17, 15) is 9.59 Å². The van der Waals surface area contributed by atoms with Gasteiger partial charge in [-0.2, -0.15) is 0 Å².